The van der Waals surface area contributed by atoms with E-state index in [1.54, 1.807) is 0 Å². The number of hydrogen-bond acceptors (Lipinski definition) is 3. The fourth-order valence-electron chi connectivity index (χ4n) is 2.15. The molecule has 0 aromatic heterocycles. The summed E-state index contributed by atoms with van der Waals surface area (Å²) in [5.74, 6) is -0.217. The van der Waals surface area contributed by atoms with Gasteiger partial charge in [0.25, 0.3) is 0 Å². The molecule has 0 fully saturated rings. The highest BCUT2D eigenvalue weighted by Crippen LogP contribution is 2.29. The minimum absolute atomic E-state index is 0.140. The molecule has 3 nitrogen and oxygen atoms in total. The van der Waals surface area contributed by atoms with Crippen molar-refractivity contribution in [2.75, 3.05) is 20.7 Å². The first-order valence-corrected chi connectivity index (χ1v) is 6.66. The number of hydrogen-bond donors (Lipinski definition) is 0. The summed E-state index contributed by atoms with van der Waals surface area (Å²) in [4.78, 5) is 13.8. The molecule has 1 atom stereocenters. The Hall–Kier alpha value is -1.13. The summed E-state index contributed by atoms with van der Waals surface area (Å²) in [5.41, 5.74) is 1.95. The number of rotatable bonds is 2. The van der Waals surface area contributed by atoms with E-state index in [1.165, 1.54) is 12.7 Å². The van der Waals surface area contributed by atoms with Crippen molar-refractivity contribution in [1.82, 2.24) is 4.90 Å². The number of carbonyl (C=O) groups excluding carboxylic acids is 1. The molecule has 1 aromatic rings. The van der Waals surface area contributed by atoms with Crippen molar-refractivity contribution in [3.05, 3.63) is 46.0 Å². The van der Waals surface area contributed by atoms with E-state index in [4.69, 9.17) is 4.74 Å². The number of likely N-dealkylation sites (N-methyl/N-ethyl adjacent to an activating group) is 1. The Morgan fingerprint density at radius 3 is 2.67 bits per heavy atom. The number of esters is 1. The van der Waals surface area contributed by atoms with Crippen LogP contribution in [-0.2, 0) is 9.53 Å². The minimum atomic E-state index is -0.217. The Labute approximate surface area is 116 Å². The zero-order valence-corrected chi connectivity index (χ0v) is 12.1. The van der Waals surface area contributed by atoms with Gasteiger partial charge < -0.3 is 4.74 Å². The SMILES string of the molecule is COC(=O)C1=CC(c2ccc(Br)cc2)N(C)CC1. The van der Waals surface area contributed by atoms with Crippen molar-refractivity contribution in [1.29, 1.82) is 0 Å². The molecule has 2 rings (SSSR count). The standard InChI is InChI=1S/C14H16BrNO2/c1-16-8-7-11(14(17)18-2)9-13(16)10-3-5-12(15)6-4-10/h3-6,9,13H,7-8H2,1-2H3. The third-order valence-corrected chi connectivity index (χ3v) is 3.76. The predicted octanol–water partition coefficient (Wildman–Crippen LogP) is 2.93. The lowest BCUT2D eigenvalue weighted by molar-refractivity contribution is -0.136. The molecule has 1 heterocycles. The van der Waals surface area contributed by atoms with Crippen molar-refractivity contribution in [3.63, 3.8) is 0 Å². The second-order valence-electron chi connectivity index (χ2n) is 4.41. The Bertz CT molecular complexity index is 467. The molecule has 0 saturated heterocycles. The quantitative estimate of drug-likeness (QED) is 0.787. The molecule has 1 unspecified atom stereocenters. The van der Waals surface area contributed by atoms with Crippen LogP contribution in [0.5, 0.6) is 0 Å². The molecule has 1 aliphatic rings. The van der Waals surface area contributed by atoms with Crippen LogP contribution in [-0.4, -0.2) is 31.6 Å². The Morgan fingerprint density at radius 1 is 1.39 bits per heavy atom. The van der Waals surface area contributed by atoms with Crippen LogP contribution < -0.4 is 0 Å². The number of ether oxygens (including phenoxy) is 1. The first kappa shape index (κ1) is 13.3. The van der Waals surface area contributed by atoms with Gasteiger partial charge in [0.15, 0.2) is 0 Å². The monoisotopic (exact) mass is 309 g/mol. The second kappa shape index (κ2) is 5.67. The van der Waals surface area contributed by atoms with Crippen LogP contribution in [0.4, 0.5) is 0 Å². The molecule has 0 spiro atoms. The van der Waals surface area contributed by atoms with E-state index >= 15 is 0 Å². The lowest BCUT2D eigenvalue weighted by atomic mass is 9.97. The van der Waals surface area contributed by atoms with Gasteiger partial charge in [0.1, 0.15) is 0 Å². The number of halogens is 1. The van der Waals surface area contributed by atoms with Gasteiger partial charge in [0.2, 0.25) is 0 Å². The molecular weight excluding hydrogens is 294 g/mol. The maximum Gasteiger partial charge on any atom is 0.333 e. The highest BCUT2D eigenvalue weighted by molar-refractivity contribution is 9.10. The maximum atomic E-state index is 11.6. The lowest BCUT2D eigenvalue weighted by Gasteiger charge is -2.30. The van der Waals surface area contributed by atoms with Crippen LogP contribution in [0.25, 0.3) is 0 Å². The van der Waals surface area contributed by atoms with Crippen LogP contribution in [0, 0.1) is 0 Å². The summed E-state index contributed by atoms with van der Waals surface area (Å²) in [6, 6.07) is 8.32. The summed E-state index contributed by atoms with van der Waals surface area (Å²) in [7, 11) is 3.49. The average molecular weight is 310 g/mol. The summed E-state index contributed by atoms with van der Waals surface area (Å²) in [6.45, 7) is 0.863. The smallest absolute Gasteiger partial charge is 0.333 e. The number of benzene rings is 1. The van der Waals surface area contributed by atoms with Gasteiger partial charge in [-0.25, -0.2) is 4.79 Å². The first-order valence-electron chi connectivity index (χ1n) is 5.86. The number of nitrogens with zero attached hydrogens (tertiary/aromatic N) is 1. The van der Waals surface area contributed by atoms with Crippen LogP contribution in [0.15, 0.2) is 40.4 Å². The molecule has 4 heteroatoms. The van der Waals surface area contributed by atoms with Crippen LogP contribution in [0.2, 0.25) is 0 Å². The van der Waals surface area contributed by atoms with Gasteiger partial charge in [-0.05, 0) is 31.2 Å². The molecule has 96 valence electrons. The van der Waals surface area contributed by atoms with Crippen LogP contribution >= 0.6 is 15.9 Å². The summed E-state index contributed by atoms with van der Waals surface area (Å²) in [6.07, 6.45) is 2.74. The third kappa shape index (κ3) is 2.82. The molecule has 0 bridgehead atoms. The molecule has 0 aliphatic carbocycles. The van der Waals surface area contributed by atoms with E-state index in [0.717, 1.165) is 23.0 Å². The Kier molecular flexibility index (Phi) is 4.19. The van der Waals surface area contributed by atoms with Crippen molar-refractivity contribution in [2.45, 2.75) is 12.5 Å². The minimum Gasteiger partial charge on any atom is -0.466 e. The molecule has 18 heavy (non-hydrogen) atoms. The molecular formula is C14H16BrNO2. The maximum absolute atomic E-state index is 11.6. The van der Waals surface area contributed by atoms with Crippen molar-refractivity contribution < 1.29 is 9.53 Å². The average Bonchev–Trinajstić information content (AvgIpc) is 2.39. The molecule has 0 saturated carbocycles. The largest absolute Gasteiger partial charge is 0.466 e. The molecule has 0 amide bonds. The summed E-state index contributed by atoms with van der Waals surface area (Å²) >= 11 is 3.43. The predicted molar refractivity (Wildman–Crippen MR) is 74.2 cm³/mol. The van der Waals surface area contributed by atoms with E-state index in [0.29, 0.717) is 0 Å². The van der Waals surface area contributed by atoms with E-state index in [1.807, 2.05) is 18.2 Å². The highest BCUT2D eigenvalue weighted by Gasteiger charge is 2.23. The van der Waals surface area contributed by atoms with Crippen molar-refractivity contribution in [3.8, 4) is 0 Å². The molecule has 0 radical (unpaired) electrons. The van der Waals surface area contributed by atoms with Gasteiger partial charge in [0.05, 0.1) is 13.2 Å². The fourth-order valence-corrected chi connectivity index (χ4v) is 2.41. The fraction of sp³-hybridized carbons (Fsp3) is 0.357. The Morgan fingerprint density at radius 2 is 2.06 bits per heavy atom. The summed E-state index contributed by atoms with van der Waals surface area (Å²) < 4.78 is 5.85. The van der Waals surface area contributed by atoms with Gasteiger partial charge in [-0.15, -0.1) is 0 Å². The van der Waals surface area contributed by atoms with E-state index in [9.17, 15) is 4.79 Å². The zero-order valence-electron chi connectivity index (χ0n) is 10.5. The number of methoxy groups -OCH3 is 1. The van der Waals surface area contributed by atoms with Crippen LogP contribution in [0.1, 0.15) is 18.0 Å². The van der Waals surface area contributed by atoms with Gasteiger partial charge in [-0.3, -0.25) is 4.90 Å². The van der Waals surface area contributed by atoms with E-state index in [-0.39, 0.29) is 12.0 Å². The lowest BCUT2D eigenvalue weighted by Crippen LogP contribution is -2.30. The third-order valence-electron chi connectivity index (χ3n) is 3.23. The van der Waals surface area contributed by atoms with Gasteiger partial charge in [0, 0.05) is 16.6 Å². The molecule has 1 aromatic carbocycles. The van der Waals surface area contributed by atoms with Crippen molar-refractivity contribution in [2.24, 2.45) is 0 Å². The number of carbonyl (C=O) groups is 1. The van der Waals surface area contributed by atoms with Gasteiger partial charge in [-0.2, -0.15) is 0 Å². The van der Waals surface area contributed by atoms with Gasteiger partial charge in [-0.1, -0.05) is 34.1 Å². The first-order chi connectivity index (χ1) is 8.61. The molecule has 0 N–H and O–H groups in total. The normalized spacial score (nSPS) is 20.4. The highest BCUT2D eigenvalue weighted by atomic mass is 79.9. The second-order valence-corrected chi connectivity index (χ2v) is 5.33. The van der Waals surface area contributed by atoms with E-state index < -0.39 is 0 Å². The van der Waals surface area contributed by atoms with Crippen LogP contribution in [0.3, 0.4) is 0 Å². The Balaban J connectivity index is 2.29. The van der Waals surface area contributed by atoms with E-state index in [2.05, 4.69) is 40.0 Å². The van der Waals surface area contributed by atoms with Crippen molar-refractivity contribution >= 4 is 21.9 Å². The summed E-state index contributed by atoms with van der Waals surface area (Å²) in [5, 5.41) is 0. The topological polar surface area (TPSA) is 29.5 Å². The zero-order chi connectivity index (χ0) is 13.1. The van der Waals surface area contributed by atoms with Gasteiger partial charge >= 0.3 is 5.97 Å². The molecule has 1 aliphatic heterocycles.